The molecule has 0 fully saturated rings. The molecule has 1 aromatic carbocycles. The lowest BCUT2D eigenvalue weighted by Crippen LogP contribution is -2.14. The summed E-state index contributed by atoms with van der Waals surface area (Å²) in [5, 5.41) is 10.8. The van der Waals surface area contributed by atoms with Gasteiger partial charge in [0.05, 0.1) is 26.3 Å². The van der Waals surface area contributed by atoms with Gasteiger partial charge in [-0.2, -0.15) is 0 Å². The second kappa shape index (κ2) is 5.64. The number of primary sulfonamides is 1. The van der Waals surface area contributed by atoms with Crippen molar-refractivity contribution in [3.05, 3.63) is 39.7 Å². The third-order valence-corrected chi connectivity index (χ3v) is 3.92. The molecule has 10 heteroatoms. The van der Waals surface area contributed by atoms with Crippen LogP contribution in [0.4, 0.5) is 5.69 Å². The summed E-state index contributed by atoms with van der Waals surface area (Å²) in [7, 11) is -3.95. The molecule has 2 rings (SSSR count). The van der Waals surface area contributed by atoms with E-state index in [1.807, 2.05) is 0 Å². The third kappa shape index (κ3) is 3.53. The molecule has 1 heterocycles. The van der Waals surface area contributed by atoms with E-state index in [1.54, 1.807) is 6.92 Å². The highest BCUT2D eigenvalue weighted by Crippen LogP contribution is 2.33. The van der Waals surface area contributed by atoms with Gasteiger partial charge < -0.3 is 9.84 Å². The van der Waals surface area contributed by atoms with Crippen molar-refractivity contribution < 1.29 is 17.7 Å². The number of carbonyl (C=O) groups is 1. The molecule has 0 bridgehead atoms. The molecule has 1 amide bonds. The zero-order valence-electron chi connectivity index (χ0n) is 10.6. The largest absolute Gasteiger partial charge is 0.351 e. The average Bonchev–Trinajstić information content (AvgIpc) is 2.79. The molecule has 21 heavy (non-hydrogen) atoms. The van der Waals surface area contributed by atoms with Crippen molar-refractivity contribution >= 4 is 44.8 Å². The predicted octanol–water partition coefficient (Wildman–Crippen LogP) is 2.19. The highest BCUT2D eigenvalue weighted by Gasteiger charge is 2.18. The molecule has 0 radical (unpaired) electrons. The van der Waals surface area contributed by atoms with Gasteiger partial charge in [-0.1, -0.05) is 28.4 Å². The normalized spacial score (nSPS) is 11.4. The Morgan fingerprint density at radius 2 is 1.86 bits per heavy atom. The smallest absolute Gasteiger partial charge is 0.294 e. The minimum atomic E-state index is -3.95. The Kier molecular flexibility index (Phi) is 4.24. The number of halogens is 2. The number of amides is 1. The van der Waals surface area contributed by atoms with E-state index in [-0.39, 0.29) is 26.4 Å². The first-order valence-electron chi connectivity index (χ1n) is 5.45. The van der Waals surface area contributed by atoms with Crippen molar-refractivity contribution in [2.75, 3.05) is 5.32 Å². The monoisotopic (exact) mass is 349 g/mol. The van der Waals surface area contributed by atoms with Crippen LogP contribution < -0.4 is 10.5 Å². The number of hydrogen-bond donors (Lipinski definition) is 2. The first kappa shape index (κ1) is 15.8. The Bertz CT molecular complexity index is 794. The summed E-state index contributed by atoms with van der Waals surface area (Å²) in [6.07, 6.45) is 0. The van der Waals surface area contributed by atoms with Crippen LogP contribution in [-0.2, 0) is 10.0 Å². The molecule has 112 valence electrons. The summed E-state index contributed by atoms with van der Waals surface area (Å²) in [4.78, 5) is 11.7. The minimum absolute atomic E-state index is 0.0323. The van der Waals surface area contributed by atoms with Crippen molar-refractivity contribution in [1.82, 2.24) is 5.16 Å². The van der Waals surface area contributed by atoms with Gasteiger partial charge >= 0.3 is 0 Å². The standard InChI is InChI=1S/C11H9Cl2N3O4S/c1-5-2-9(20-16-5)11(17)15-10-7(12)3-6(4-8(10)13)21(14,18)19/h2-4H,1H3,(H,15,17)(H2,14,18,19). The molecule has 7 nitrogen and oxygen atoms in total. The SMILES string of the molecule is Cc1cc(C(=O)Nc2c(Cl)cc(S(N)(=O)=O)cc2Cl)on1. The van der Waals surface area contributed by atoms with Crippen LogP contribution in [0.3, 0.4) is 0 Å². The molecule has 0 atom stereocenters. The molecule has 0 saturated heterocycles. The molecule has 0 aliphatic carbocycles. The van der Waals surface area contributed by atoms with Gasteiger partial charge in [0.15, 0.2) is 0 Å². The zero-order chi connectivity index (χ0) is 15.8. The van der Waals surface area contributed by atoms with Crippen molar-refractivity contribution in [2.45, 2.75) is 11.8 Å². The van der Waals surface area contributed by atoms with Crippen LogP contribution in [0.15, 0.2) is 27.6 Å². The van der Waals surface area contributed by atoms with Gasteiger partial charge in [-0.3, -0.25) is 4.79 Å². The maximum Gasteiger partial charge on any atom is 0.294 e. The van der Waals surface area contributed by atoms with Gasteiger partial charge in [0.2, 0.25) is 15.8 Å². The van der Waals surface area contributed by atoms with Gasteiger partial charge in [0, 0.05) is 6.07 Å². The Labute approximate surface area is 130 Å². The van der Waals surface area contributed by atoms with E-state index in [0.717, 1.165) is 12.1 Å². The summed E-state index contributed by atoms with van der Waals surface area (Å²) < 4.78 is 27.3. The molecular formula is C11H9Cl2N3O4S. The Hall–Kier alpha value is -1.61. The second-order valence-electron chi connectivity index (χ2n) is 4.09. The molecule has 0 spiro atoms. The number of carbonyl (C=O) groups excluding carboxylic acids is 1. The lowest BCUT2D eigenvalue weighted by atomic mass is 10.3. The number of nitrogens with two attached hydrogens (primary N) is 1. The molecule has 0 unspecified atom stereocenters. The zero-order valence-corrected chi connectivity index (χ0v) is 12.9. The van der Waals surface area contributed by atoms with Crippen molar-refractivity contribution in [3.63, 3.8) is 0 Å². The number of hydrogen-bond acceptors (Lipinski definition) is 5. The van der Waals surface area contributed by atoms with E-state index in [1.165, 1.54) is 6.07 Å². The van der Waals surface area contributed by atoms with E-state index in [4.69, 9.17) is 32.9 Å². The van der Waals surface area contributed by atoms with E-state index in [0.29, 0.717) is 5.69 Å². The quantitative estimate of drug-likeness (QED) is 0.880. The van der Waals surface area contributed by atoms with Crippen molar-refractivity contribution in [3.8, 4) is 0 Å². The molecular weight excluding hydrogens is 341 g/mol. The Morgan fingerprint density at radius 1 is 1.29 bits per heavy atom. The Morgan fingerprint density at radius 3 is 2.29 bits per heavy atom. The molecule has 1 aromatic heterocycles. The molecule has 0 aliphatic rings. The molecule has 3 N–H and O–H groups in total. The van der Waals surface area contributed by atoms with Crippen LogP contribution in [-0.4, -0.2) is 19.5 Å². The number of aromatic nitrogens is 1. The van der Waals surface area contributed by atoms with Crippen molar-refractivity contribution in [2.24, 2.45) is 5.14 Å². The highest BCUT2D eigenvalue weighted by atomic mass is 35.5. The van der Waals surface area contributed by atoms with Gasteiger partial charge in [-0.15, -0.1) is 0 Å². The van der Waals surface area contributed by atoms with Crippen LogP contribution in [0.1, 0.15) is 16.2 Å². The van der Waals surface area contributed by atoms with Crippen LogP contribution in [0, 0.1) is 6.92 Å². The Balaban J connectivity index is 2.35. The minimum Gasteiger partial charge on any atom is -0.351 e. The van der Waals surface area contributed by atoms with Crippen LogP contribution in [0.5, 0.6) is 0 Å². The fraction of sp³-hybridized carbons (Fsp3) is 0.0909. The first-order chi connectivity index (χ1) is 9.68. The fourth-order valence-electron chi connectivity index (χ4n) is 1.48. The predicted molar refractivity (Wildman–Crippen MR) is 77.0 cm³/mol. The third-order valence-electron chi connectivity index (χ3n) is 2.43. The summed E-state index contributed by atoms with van der Waals surface area (Å²) in [5.74, 6) is -0.655. The summed E-state index contributed by atoms with van der Waals surface area (Å²) in [5.41, 5.74) is 0.576. The number of benzene rings is 1. The molecule has 0 saturated carbocycles. The summed E-state index contributed by atoms with van der Waals surface area (Å²) in [6, 6.07) is 3.60. The number of aryl methyl sites for hydroxylation is 1. The summed E-state index contributed by atoms with van der Waals surface area (Å²) in [6.45, 7) is 1.65. The summed E-state index contributed by atoms with van der Waals surface area (Å²) >= 11 is 11.8. The number of anilines is 1. The van der Waals surface area contributed by atoms with Crippen molar-refractivity contribution in [1.29, 1.82) is 0 Å². The number of sulfonamides is 1. The van der Waals surface area contributed by atoms with Crippen LogP contribution >= 0.6 is 23.2 Å². The number of rotatable bonds is 3. The second-order valence-corrected chi connectivity index (χ2v) is 6.47. The van der Waals surface area contributed by atoms with Gasteiger partial charge in [-0.25, -0.2) is 13.6 Å². The van der Waals surface area contributed by atoms with Gasteiger partial charge in [-0.05, 0) is 19.1 Å². The van der Waals surface area contributed by atoms with E-state index >= 15 is 0 Å². The van der Waals surface area contributed by atoms with Crippen LogP contribution in [0.2, 0.25) is 10.0 Å². The first-order valence-corrected chi connectivity index (χ1v) is 7.75. The molecule has 2 aromatic rings. The van der Waals surface area contributed by atoms with Gasteiger partial charge in [0.1, 0.15) is 0 Å². The van der Waals surface area contributed by atoms with Gasteiger partial charge in [0.25, 0.3) is 5.91 Å². The maximum absolute atomic E-state index is 11.9. The topological polar surface area (TPSA) is 115 Å². The van der Waals surface area contributed by atoms with E-state index in [2.05, 4.69) is 10.5 Å². The van der Waals surface area contributed by atoms with E-state index < -0.39 is 15.9 Å². The lowest BCUT2D eigenvalue weighted by molar-refractivity contribution is 0.0988. The van der Waals surface area contributed by atoms with E-state index in [9.17, 15) is 13.2 Å². The van der Waals surface area contributed by atoms with Crippen LogP contribution in [0.25, 0.3) is 0 Å². The number of nitrogens with zero attached hydrogens (tertiary/aromatic N) is 1. The fourth-order valence-corrected chi connectivity index (χ4v) is 2.75. The molecule has 0 aliphatic heterocycles. The lowest BCUT2D eigenvalue weighted by Gasteiger charge is -2.09. The number of nitrogens with one attached hydrogen (secondary N) is 1. The maximum atomic E-state index is 11.9. The highest BCUT2D eigenvalue weighted by molar-refractivity contribution is 7.89. The average molecular weight is 350 g/mol.